The number of anilines is 3. The zero-order valence-electron chi connectivity index (χ0n) is 20.4. The van der Waals surface area contributed by atoms with Crippen molar-refractivity contribution in [3.05, 3.63) is 36.5 Å². The molecule has 0 saturated carbocycles. The molecule has 3 aromatic rings. The Morgan fingerprint density at radius 2 is 2.05 bits per heavy atom. The number of carbonyl (C=O) groups is 2. The molecule has 0 atom stereocenters. The first-order chi connectivity index (χ1) is 17.5. The van der Waals surface area contributed by atoms with E-state index in [1.54, 1.807) is 18.1 Å². The van der Waals surface area contributed by atoms with Crippen LogP contribution in [0.1, 0.15) is 10.5 Å². The van der Waals surface area contributed by atoms with Crippen LogP contribution < -0.4 is 15.5 Å². The second-order valence-electron chi connectivity index (χ2n) is 8.66. The molecular formula is C22H26F3N9O3. The highest BCUT2D eigenvalue weighted by Gasteiger charge is 2.33. The predicted octanol–water partition coefficient (Wildman–Crippen LogP) is 2.50. The number of hydrogen-bond donors (Lipinski definition) is 2. The molecule has 1 aliphatic heterocycles. The number of rotatable bonds is 9. The lowest BCUT2D eigenvalue weighted by Crippen LogP contribution is -2.36. The van der Waals surface area contributed by atoms with E-state index in [4.69, 9.17) is 4.42 Å². The van der Waals surface area contributed by atoms with E-state index in [-0.39, 0.29) is 23.4 Å². The van der Waals surface area contributed by atoms with Crippen LogP contribution in [0, 0.1) is 0 Å². The second kappa shape index (κ2) is 10.5. The smallest absolute Gasteiger partial charge is 0.405 e. The number of amides is 3. The van der Waals surface area contributed by atoms with Crippen LogP contribution in [-0.2, 0) is 7.05 Å². The van der Waals surface area contributed by atoms with Gasteiger partial charge in [0.2, 0.25) is 5.89 Å². The van der Waals surface area contributed by atoms with Crippen LogP contribution in [0.5, 0.6) is 0 Å². The van der Waals surface area contributed by atoms with Crippen LogP contribution in [0.4, 0.5) is 35.3 Å². The fraction of sp³-hybridized carbons (Fsp3) is 0.409. The summed E-state index contributed by atoms with van der Waals surface area (Å²) in [5, 5.41) is 9.24. The van der Waals surface area contributed by atoms with Gasteiger partial charge in [0.25, 0.3) is 5.91 Å². The van der Waals surface area contributed by atoms with E-state index in [0.29, 0.717) is 36.7 Å². The van der Waals surface area contributed by atoms with Gasteiger partial charge in [-0.15, -0.1) is 0 Å². The Hall–Kier alpha value is -4.14. The zero-order valence-corrected chi connectivity index (χ0v) is 20.4. The minimum Gasteiger partial charge on any atom is -0.444 e. The van der Waals surface area contributed by atoms with Gasteiger partial charge in [-0.05, 0) is 26.2 Å². The first kappa shape index (κ1) is 25.9. The first-order valence-electron chi connectivity index (χ1n) is 11.3. The van der Waals surface area contributed by atoms with Gasteiger partial charge in [0.1, 0.15) is 24.3 Å². The van der Waals surface area contributed by atoms with Gasteiger partial charge in [0.15, 0.2) is 11.5 Å². The number of oxazole rings is 1. The molecule has 4 heterocycles. The van der Waals surface area contributed by atoms with Crippen LogP contribution in [0.3, 0.4) is 0 Å². The summed E-state index contributed by atoms with van der Waals surface area (Å²) in [4.78, 5) is 39.0. The zero-order chi connectivity index (χ0) is 26.7. The molecule has 1 fully saturated rings. The molecule has 12 nitrogen and oxygen atoms in total. The van der Waals surface area contributed by atoms with Crippen molar-refractivity contribution in [2.75, 3.05) is 62.4 Å². The third-order valence-corrected chi connectivity index (χ3v) is 5.44. The van der Waals surface area contributed by atoms with Crippen LogP contribution in [0.15, 0.2) is 35.2 Å². The molecule has 0 bridgehead atoms. The number of urea groups is 1. The topological polar surface area (TPSA) is 125 Å². The fourth-order valence-corrected chi connectivity index (χ4v) is 3.62. The highest BCUT2D eigenvalue weighted by molar-refractivity contribution is 6.06. The maximum atomic E-state index is 12.9. The van der Waals surface area contributed by atoms with Gasteiger partial charge >= 0.3 is 12.2 Å². The van der Waals surface area contributed by atoms with Crippen molar-refractivity contribution in [2.24, 2.45) is 7.05 Å². The maximum absolute atomic E-state index is 12.9. The molecule has 1 aliphatic rings. The van der Waals surface area contributed by atoms with E-state index in [0.717, 1.165) is 12.8 Å². The molecule has 2 N–H and O–H groups in total. The van der Waals surface area contributed by atoms with Crippen LogP contribution in [0.25, 0.3) is 11.5 Å². The molecule has 0 unspecified atom stereocenters. The number of nitrogens with one attached hydrogen (secondary N) is 2. The summed E-state index contributed by atoms with van der Waals surface area (Å²) < 4.78 is 44.3. The van der Waals surface area contributed by atoms with Crippen molar-refractivity contribution in [3.8, 4) is 11.5 Å². The van der Waals surface area contributed by atoms with E-state index in [2.05, 4.69) is 25.7 Å². The van der Waals surface area contributed by atoms with Crippen LogP contribution in [-0.4, -0.2) is 94.5 Å². The van der Waals surface area contributed by atoms with Crippen molar-refractivity contribution < 1.29 is 27.2 Å². The summed E-state index contributed by atoms with van der Waals surface area (Å²) in [5.41, 5.74) is 0.593. The third kappa shape index (κ3) is 6.35. The van der Waals surface area contributed by atoms with Crippen molar-refractivity contribution in [2.45, 2.75) is 6.18 Å². The molecule has 4 rings (SSSR count). The quantitative estimate of drug-likeness (QED) is 0.440. The fourth-order valence-electron chi connectivity index (χ4n) is 3.62. The predicted molar refractivity (Wildman–Crippen MR) is 128 cm³/mol. The Balaban J connectivity index is 1.45. The minimum absolute atomic E-state index is 0.0195. The van der Waals surface area contributed by atoms with E-state index >= 15 is 0 Å². The van der Waals surface area contributed by atoms with Gasteiger partial charge in [-0.2, -0.15) is 18.3 Å². The molecule has 0 aromatic carbocycles. The number of nitrogens with zero attached hydrogens (tertiary/aromatic N) is 7. The normalized spacial score (nSPS) is 14.1. The lowest BCUT2D eigenvalue weighted by atomic mass is 10.2. The van der Waals surface area contributed by atoms with Gasteiger partial charge in [-0.25, -0.2) is 14.8 Å². The molecule has 0 radical (unpaired) electrons. The number of pyridine rings is 1. The Morgan fingerprint density at radius 1 is 1.27 bits per heavy atom. The SMILES string of the molecule is CN(C)CCN1CCN(c2nn(C)cc2NC(=O)c2coc(-c3ccnc(NCC(F)(F)F)c3)n2)C1=O. The van der Waals surface area contributed by atoms with E-state index in [1.807, 2.05) is 19.0 Å². The van der Waals surface area contributed by atoms with Gasteiger partial charge < -0.3 is 24.9 Å². The summed E-state index contributed by atoms with van der Waals surface area (Å²) in [5.74, 6) is -0.287. The minimum atomic E-state index is -4.40. The number of hydrogen-bond acceptors (Lipinski definition) is 8. The van der Waals surface area contributed by atoms with Gasteiger partial charge in [0, 0.05) is 45.0 Å². The molecule has 3 aromatic heterocycles. The van der Waals surface area contributed by atoms with Gasteiger partial charge in [-0.1, -0.05) is 0 Å². The monoisotopic (exact) mass is 521 g/mol. The number of likely N-dealkylation sites (N-methyl/N-ethyl adjacent to an activating group) is 1. The maximum Gasteiger partial charge on any atom is 0.405 e. The number of alkyl halides is 3. The largest absolute Gasteiger partial charge is 0.444 e. The van der Waals surface area contributed by atoms with Gasteiger partial charge in [-0.3, -0.25) is 14.4 Å². The summed E-state index contributed by atoms with van der Waals surface area (Å²) in [7, 11) is 5.53. The molecule has 0 spiro atoms. The summed E-state index contributed by atoms with van der Waals surface area (Å²) in [6, 6.07) is 2.62. The summed E-state index contributed by atoms with van der Waals surface area (Å²) in [6.45, 7) is 1.00. The van der Waals surface area contributed by atoms with Crippen LogP contribution in [0.2, 0.25) is 0 Å². The van der Waals surface area contributed by atoms with Crippen molar-refractivity contribution in [1.29, 1.82) is 0 Å². The van der Waals surface area contributed by atoms with E-state index in [1.165, 1.54) is 27.9 Å². The number of halogens is 3. The molecular weight excluding hydrogens is 495 g/mol. The summed E-state index contributed by atoms with van der Waals surface area (Å²) >= 11 is 0. The molecule has 15 heteroatoms. The van der Waals surface area contributed by atoms with Crippen molar-refractivity contribution in [3.63, 3.8) is 0 Å². The highest BCUT2D eigenvalue weighted by Crippen LogP contribution is 2.28. The molecule has 1 saturated heterocycles. The molecule has 0 aliphatic carbocycles. The van der Waals surface area contributed by atoms with Gasteiger partial charge in [0.05, 0.1) is 6.20 Å². The Bertz CT molecular complexity index is 1270. The van der Waals surface area contributed by atoms with Crippen LogP contribution >= 0.6 is 0 Å². The van der Waals surface area contributed by atoms with E-state index in [9.17, 15) is 22.8 Å². The highest BCUT2D eigenvalue weighted by atomic mass is 19.4. The second-order valence-corrected chi connectivity index (χ2v) is 8.66. The average molecular weight is 522 g/mol. The number of carbonyl (C=O) groups excluding carboxylic acids is 2. The Kier molecular flexibility index (Phi) is 7.33. The number of aryl methyl sites for hydroxylation is 1. The first-order valence-corrected chi connectivity index (χ1v) is 11.3. The van der Waals surface area contributed by atoms with E-state index < -0.39 is 18.6 Å². The molecule has 198 valence electrons. The Labute approximate surface area is 210 Å². The molecule has 3 amide bonds. The lowest BCUT2D eigenvalue weighted by molar-refractivity contribution is -0.115. The standard InChI is InChI=1S/C22H26F3N9O3/c1-31(2)6-7-33-8-9-34(21(33)36)18-15(11-32(3)30-18)28-19(35)16-12-37-20(29-16)14-4-5-26-17(10-14)27-13-22(23,24)25/h4-5,10-12H,6-9,13H2,1-3H3,(H,26,27)(H,28,35). The third-order valence-electron chi connectivity index (χ3n) is 5.44. The van der Waals surface area contributed by atoms with Crippen molar-refractivity contribution in [1.82, 2.24) is 29.5 Å². The lowest BCUT2D eigenvalue weighted by Gasteiger charge is -2.19. The number of aromatic nitrogens is 4. The molecule has 37 heavy (non-hydrogen) atoms. The average Bonchev–Trinajstić information content (AvgIpc) is 3.55. The Morgan fingerprint density at radius 3 is 2.78 bits per heavy atom. The summed E-state index contributed by atoms with van der Waals surface area (Å²) in [6.07, 6.45) is -0.393. The van der Waals surface area contributed by atoms with Crippen molar-refractivity contribution >= 4 is 29.3 Å².